The van der Waals surface area contributed by atoms with Crippen molar-refractivity contribution in [2.24, 2.45) is 0 Å². The number of carbonyl (C=O) groups excluding carboxylic acids is 2. The second-order valence-corrected chi connectivity index (χ2v) is 6.31. The standard InChI is InChI=1S/C23H18N4O2/c28-21(17-7-3-1-4-8-17)25-19-13-11-18(12-14-19)22(29)26-23-24-15-16-27(23)20-9-5-2-6-10-20/h1-16H,(H,25,28)(H,24,26,29). The fourth-order valence-corrected chi connectivity index (χ4v) is 2.86. The molecular formula is C23H18N4O2. The Morgan fingerprint density at radius 2 is 1.28 bits per heavy atom. The van der Waals surface area contributed by atoms with E-state index in [1.807, 2.05) is 48.5 Å². The van der Waals surface area contributed by atoms with Gasteiger partial charge in [-0.2, -0.15) is 0 Å². The van der Waals surface area contributed by atoms with Crippen LogP contribution in [0.2, 0.25) is 0 Å². The van der Waals surface area contributed by atoms with Gasteiger partial charge in [-0.1, -0.05) is 36.4 Å². The Balaban J connectivity index is 1.44. The van der Waals surface area contributed by atoms with Crippen molar-refractivity contribution >= 4 is 23.5 Å². The summed E-state index contributed by atoms with van der Waals surface area (Å²) in [7, 11) is 0. The number of anilines is 2. The Bertz CT molecular complexity index is 1120. The van der Waals surface area contributed by atoms with Crippen molar-refractivity contribution in [2.45, 2.75) is 0 Å². The summed E-state index contributed by atoms with van der Waals surface area (Å²) in [4.78, 5) is 29.0. The molecule has 0 fully saturated rings. The minimum atomic E-state index is -0.283. The molecule has 0 aliphatic rings. The molecule has 2 N–H and O–H groups in total. The van der Waals surface area contributed by atoms with Crippen LogP contribution >= 0.6 is 0 Å². The Kier molecular flexibility index (Phi) is 5.16. The molecule has 0 aliphatic carbocycles. The highest BCUT2D eigenvalue weighted by Crippen LogP contribution is 2.16. The molecule has 6 heteroatoms. The number of imidazole rings is 1. The fraction of sp³-hybridized carbons (Fsp3) is 0. The maximum absolute atomic E-state index is 12.6. The smallest absolute Gasteiger partial charge is 0.257 e. The molecule has 29 heavy (non-hydrogen) atoms. The Morgan fingerprint density at radius 3 is 1.97 bits per heavy atom. The lowest BCUT2D eigenvalue weighted by Crippen LogP contribution is -2.16. The highest BCUT2D eigenvalue weighted by molar-refractivity contribution is 6.06. The van der Waals surface area contributed by atoms with Gasteiger partial charge in [0.1, 0.15) is 0 Å². The topological polar surface area (TPSA) is 76.0 Å². The molecular weight excluding hydrogens is 364 g/mol. The second-order valence-electron chi connectivity index (χ2n) is 6.31. The summed E-state index contributed by atoms with van der Waals surface area (Å²) in [6.45, 7) is 0. The summed E-state index contributed by atoms with van der Waals surface area (Å²) in [5.41, 5.74) is 2.55. The lowest BCUT2D eigenvalue weighted by molar-refractivity contribution is 0.101. The Morgan fingerprint density at radius 1 is 0.690 bits per heavy atom. The van der Waals surface area contributed by atoms with Crippen LogP contribution in [0.3, 0.4) is 0 Å². The van der Waals surface area contributed by atoms with E-state index < -0.39 is 0 Å². The first-order valence-electron chi connectivity index (χ1n) is 9.07. The minimum absolute atomic E-state index is 0.201. The number of hydrogen-bond acceptors (Lipinski definition) is 3. The molecule has 0 aliphatic heterocycles. The van der Waals surface area contributed by atoms with Crippen LogP contribution in [0.5, 0.6) is 0 Å². The van der Waals surface area contributed by atoms with Crippen LogP contribution < -0.4 is 10.6 Å². The number of hydrogen-bond donors (Lipinski definition) is 2. The van der Waals surface area contributed by atoms with Gasteiger partial charge in [0.25, 0.3) is 11.8 Å². The molecule has 1 heterocycles. The first-order valence-corrected chi connectivity index (χ1v) is 9.07. The number of aromatic nitrogens is 2. The number of carbonyl (C=O) groups is 2. The van der Waals surface area contributed by atoms with Crippen molar-refractivity contribution in [1.82, 2.24) is 9.55 Å². The van der Waals surface area contributed by atoms with Gasteiger partial charge in [0.2, 0.25) is 5.95 Å². The maximum atomic E-state index is 12.6. The number of para-hydroxylation sites is 1. The van der Waals surface area contributed by atoms with Gasteiger partial charge < -0.3 is 5.32 Å². The summed E-state index contributed by atoms with van der Waals surface area (Å²) >= 11 is 0. The molecule has 6 nitrogen and oxygen atoms in total. The van der Waals surface area contributed by atoms with E-state index >= 15 is 0 Å². The summed E-state index contributed by atoms with van der Waals surface area (Å²) in [6, 6.07) is 25.3. The SMILES string of the molecule is O=C(Nc1ccc(C(=O)Nc2nccn2-c2ccccc2)cc1)c1ccccc1. The molecule has 4 aromatic rings. The molecule has 0 atom stereocenters. The molecule has 4 rings (SSSR count). The zero-order valence-corrected chi connectivity index (χ0v) is 15.4. The van der Waals surface area contributed by atoms with Gasteiger partial charge in [-0.25, -0.2) is 4.98 Å². The normalized spacial score (nSPS) is 10.3. The van der Waals surface area contributed by atoms with E-state index in [1.54, 1.807) is 53.4 Å². The molecule has 0 bridgehead atoms. The monoisotopic (exact) mass is 382 g/mol. The largest absolute Gasteiger partial charge is 0.322 e. The lowest BCUT2D eigenvalue weighted by atomic mass is 10.1. The molecule has 0 saturated carbocycles. The number of nitrogens with one attached hydrogen (secondary N) is 2. The minimum Gasteiger partial charge on any atom is -0.322 e. The first kappa shape index (κ1) is 18.2. The highest BCUT2D eigenvalue weighted by Gasteiger charge is 2.12. The molecule has 1 aromatic heterocycles. The third kappa shape index (κ3) is 4.22. The van der Waals surface area contributed by atoms with Gasteiger partial charge >= 0.3 is 0 Å². The highest BCUT2D eigenvalue weighted by atomic mass is 16.2. The van der Waals surface area contributed by atoms with Crippen molar-refractivity contribution in [3.05, 3.63) is 108 Å². The van der Waals surface area contributed by atoms with E-state index in [2.05, 4.69) is 15.6 Å². The summed E-state index contributed by atoms with van der Waals surface area (Å²) in [5, 5.41) is 5.63. The van der Waals surface area contributed by atoms with Crippen molar-refractivity contribution < 1.29 is 9.59 Å². The Hall–Kier alpha value is -4.19. The van der Waals surface area contributed by atoms with Crippen LogP contribution in [0.25, 0.3) is 5.69 Å². The van der Waals surface area contributed by atoms with E-state index in [0.29, 0.717) is 22.8 Å². The summed E-state index contributed by atoms with van der Waals surface area (Å²) in [6.07, 6.45) is 3.41. The first-order chi connectivity index (χ1) is 14.2. The quantitative estimate of drug-likeness (QED) is 0.538. The maximum Gasteiger partial charge on any atom is 0.257 e. The van der Waals surface area contributed by atoms with Crippen LogP contribution in [-0.4, -0.2) is 21.4 Å². The third-order valence-corrected chi connectivity index (χ3v) is 4.34. The number of amides is 2. The van der Waals surface area contributed by atoms with Crippen LogP contribution in [0.1, 0.15) is 20.7 Å². The predicted octanol–water partition coefficient (Wildman–Crippen LogP) is 4.38. The van der Waals surface area contributed by atoms with Crippen molar-refractivity contribution in [3.8, 4) is 5.69 Å². The van der Waals surface area contributed by atoms with E-state index in [4.69, 9.17) is 0 Å². The average molecular weight is 382 g/mol. The summed E-state index contributed by atoms with van der Waals surface area (Å²) in [5.74, 6) is -0.0512. The molecule has 2 amide bonds. The number of nitrogens with zero attached hydrogens (tertiary/aromatic N) is 2. The fourth-order valence-electron chi connectivity index (χ4n) is 2.86. The van der Waals surface area contributed by atoms with Crippen LogP contribution in [0, 0.1) is 0 Å². The average Bonchev–Trinajstić information content (AvgIpc) is 3.23. The van der Waals surface area contributed by atoms with E-state index in [0.717, 1.165) is 5.69 Å². The van der Waals surface area contributed by atoms with E-state index in [1.165, 1.54) is 0 Å². The zero-order valence-electron chi connectivity index (χ0n) is 15.4. The molecule has 142 valence electrons. The molecule has 3 aromatic carbocycles. The molecule has 0 radical (unpaired) electrons. The predicted molar refractivity (Wildman–Crippen MR) is 112 cm³/mol. The van der Waals surface area contributed by atoms with Gasteiger partial charge in [0, 0.05) is 34.9 Å². The van der Waals surface area contributed by atoms with E-state index in [-0.39, 0.29) is 11.8 Å². The molecule has 0 saturated heterocycles. The second kappa shape index (κ2) is 8.22. The van der Waals surface area contributed by atoms with Gasteiger partial charge in [0.15, 0.2) is 0 Å². The van der Waals surface area contributed by atoms with Gasteiger partial charge in [-0.05, 0) is 48.5 Å². The molecule has 0 unspecified atom stereocenters. The van der Waals surface area contributed by atoms with Crippen LogP contribution in [0.4, 0.5) is 11.6 Å². The van der Waals surface area contributed by atoms with Crippen LogP contribution in [0.15, 0.2) is 97.3 Å². The Labute approximate surface area is 167 Å². The molecule has 0 spiro atoms. The van der Waals surface area contributed by atoms with Crippen molar-refractivity contribution in [1.29, 1.82) is 0 Å². The number of rotatable bonds is 5. The number of benzene rings is 3. The summed E-state index contributed by atoms with van der Waals surface area (Å²) < 4.78 is 1.80. The third-order valence-electron chi connectivity index (χ3n) is 4.34. The van der Waals surface area contributed by atoms with Crippen molar-refractivity contribution in [2.75, 3.05) is 10.6 Å². The van der Waals surface area contributed by atoms with Gasteiger partial charge in [0.05, 0.1) is 0 Å². The lowest BCUT2D eigenvalue weighted by Gasteiger charge is -2.10. The van der Waals surface area contributed by atoms with Gasteiger partial charge in [-0.15, -0.1) is 0 Å². The van der Waals surface area contributed by atoms with Crippen molar-refractivity contribution in [3.63, 3.8) is 0 Å². The zero-order chi connectivity index (χ0) is 20.1. The van der Waals surface area contributed by atoms with E-state index in [9.17, 15) is 9.59 Å². The van der Waals surface area contributed by atoms with Crippen LogP contribution in [-0.2, 0) is 0 Å². The van der Waals surface area contributed by atoms with Gasteiger partial charge in [-0.3, -0.25) is 19.5 Å².